The van der Waals surface area contributed by atoms with E-state index in [-0.39, 0.29) is 5.78 Å². The number of hydrogen-bond donors (Lipinski definition) is 1. The second-order valence-corrected chi connectivity index (χ2v) is 3.63. The first-order chi connectivity index (χ1) is 6.11. The van der Waals surface area contributed by atoms with Gasteiger partial charge in [0, 0.05) is 12.0 Å². The van der Waals surface area contributed by atoms with Gasteiger partial charge in [0.05, 0.1) is 0 Å². The van der Waals surface area contributed by atoms with E-state index in [0.717, 1.165) is 22.3 Å². The molecule has 2 nitrogen and oxygen atoms in total. The van der Waals surface area contributed by atoms with Crippen LogP contribution in [0.25, 0.3) is 0 Å². The lowest BCUT2D eigenvalue weighted by Crippen LogP contribution is -2.14. The van der Waals surface area contributed by atoms with Crippen LogP contribution in [0.3, 0.4) is 0 Å². The van der Waals surface area contributed by atoms with Gasteiger partial charge in [-0.05, 0) is 30.5 Å². The SMILES string of the molecule is Cc1ccc2c(c1C)C(=O)C(O)C2. The average molecular weight is 176 g/mol. The zero-order valence-corrected chi connectivity index (χ0v) is 7.79. The van der Waals surface area contributed by atoms with E-state index >= 15 is 0 Å². The predicted molar refractivity (Wildman–Crippen MR) is 50.0 cm³/mol. The van der Waals surface area contributed by atoms with Crippen molar-refractivity contribution < 1.29 is 9.90 Å². The van der Waals surface area contributed by atoms with Gasteiger partial charge in [-0.25, -0.2) is 0 Å². The lowest BCUT2D eigenvalue weighted by Gasteiger charge is -2.04. The number of carbonyl (C=O) groups excluding carboxylic acids is 1. The minimum atomic E-state index is -0.810. The predicted octanol–water partition coefficient (Wildman–Crippen LogP) is 1.40. The maximum Gasteiger partial charge on any atom is 0.192 e. The maximum absolute atomic E-state index is 11.5. The van der Waals surface area contributed by atoms with E-state index in [9.17, 15) is 9.90 Å². The topological polar surface area (TPSA) is 37.3 Å². The molecule has 0 amide bonds. The number of Topliss-reactive ketones (excluding diaryl/α,β-unsaturated/α-hetero) is 1. The van der Waals surface area contributed by atoms with Crippen molar-refractivity contribution in [2.24, 2.45) is 0 Å². The quantitative estimate of drug-likeness (QED) is 0.648. The van der Waals surface area contributed by atoms with Crippen LogP contribution >= 0.6 is 0 Å². The molecule has 1 aromatic carbocycles. The molecule has 0 saturated heterocycles. The molecule has 13 heavy (non-hydrogen) atoms. The van der Waals surface area contributed by atoms with Crippen LogP contribution in [-0.2, 0) is 6.42 Å². The number of ketones is 1. The van der Waals surface area contributed by atoms with Crippen LogP contribution in [0.2, 0.25) is 0 Å². The van der Waals surface area contributed by atoms with Crippen LogP contribution < -0.4 is 0 Å². The molecule has 1 aromatic rings. The Morgan fingerprint density at radius 1 is 1.38 bits per heavy atom. The van der Waals surface area contributed by atoms with Crippen LogP contribution in [0.4, 0.5) is 0 Å². The highest BCUT2D eigenvalue weighted by Gasteiger charge is 2.30. The molecule has 2 rings (SSSR count). The summed E-state index contributed by atoms with van der Waals surface area (Å²) in [5.41, 5.74) is 3.85. The van der Waals surface area contributed by atoms with Crippen molar-refractivity contribution in [1.82, 2.24) is 0 Å². The molecule has 0 fully saturated rings. The third kappa shape index (κ3) is 1.10. The van der Waals surface area contributed by atoms with Gasteiger partial charge in [0.15, 0.2) is 5.78 Å². The molecule has 1 aliphatic carbocycles. The fraction of sp³-hybridized carbons (Fsp3) is 0.364. The number of aliphatic hydroxyl groups is 1. The number of carbonyl (C=O) groups is 1. The summed E-state index contributed by atoms with van der Waals surface area (Å²) in [5.74, 6) is -0.115. The van der Waals surface area contributed by atoms with Gasteiger partial charge in [0.1, 0.15) is 6.10 Å². The third-order valence-electron chi connectivity index (χ3n) is 2.78. The molecule has 1 unspecified atom stereocenters. The van der Waals surface area contributed by atoms with E-state index < -0.39 is 6.10 Å². The molecule has 0 bridgehead atoms. The highest BCUT2D eigenvalue weighted by Crippen LogP contribution is 2.27. The first-order valence-electron chi connectivity index (χ1n) is 4.42. The number of aryl methyl sites for hydroxylation is 1. The van der Waals surface area contributed by atoms with Crippen LogP contribution in [0.5, 0.6) is 0 Å². The highest BCUT2D eigenvalue weighted by molar-refractivity contribution is 6.05. The van der Waals surface area contributed by atoms with E-state index in [1.807, 2.05) is 26.0 Å². The normalized spacial score (nSPS) is 20.5. The molecule has 0 spiro atoms. The minimum Gasteiger partial charge on any atom is -0.385 e. The van der Waals surface area contributed by atoms with Gasteiger partial charge in [-0.1, -0.05) is 12.1 Å². The summed E-state index contributed by atoms with van der Waals surface area (Å²) in [5, 5.41) is 9.38. The maximum atomic E-state index is 11.5. The van der Waals surface area contributed by atoms with Crippen molar-refractivity contribution in [3.05, 3.63) is 34.4 Å². The van der Waals surface area contributed by atoms with Crippen molar-refractivity contribution in [2.75, 3.05) is 0 Å². The first-order valence-corrected chi connectivity index (χ1v) is 4.42. The third-order valence-corrected chi connectivity index (χ3v) is 2.78. The van der Waals surface area contributed by atoms with Crippen molar-refractivity contribution in [3.63, 3.8) is 0 Å². The molecule has 0 aliphatic heterocycles. The van der Waals surface area contributed by atoms with E-state index in [1.165, 1.54) is 0 Å². The Morgan fingerprint density at radius 2 is 2.08 bits per heavy atom. The largest absolute Gasteiger partial charge is 0.385 e. The Hall–Kier alpha value is -1.15. The fourth-order valence-corrected chi connectivity index (χ4v) is 1.85. The number of benzene rings is 1. The number of hydrogen-bond acceptors (Lipinski definition) is 2. The summed E-state index contributed by atoms with van der Waals surface area (Å²) in [7, 11) is 0. The van der Waals surface area contributed by atoms with Crippen LogP contribution in [0.1, 0.15) is 27.0 Å². The Balaban J connectivity index is 2.66. The number of rotatable bonds is 0. The van der Waals surface area contributed by atoms with Crippen molar-refractivity contribution >= 4 is 5.78 Å². The minimum absolute atomic E-state index is 0.115. The van der Waals surface area contributed by atoms with Crippen LogP contribution in [0.15, 0.2) is 12.1 Å². The van der Waals surface area contributed by atoms with Gasteiger partial charge in [-0.15, -0.1) is 0 Å². The molecule has 0 heterocycles. The summed E-state index contributed by atoms with van der Waals surface area (Å²) in [6, 6.07) is 3.94. The molecule has 1 N–H and O–H groups in total. The molecular formula is C11H12O2. The Labute approximate surface area is 77.2 Å². The van der Waals surface area contributed by atoms with E-state index in [0.29, 0.717) is 6.42 Å². The van der Waals surface area contributed by atoms with E-state index in [2.05, 4.69) is 0 Å². The smallest absolute Gasteiger partial charge is 0.192 e. The van der Waals surface area contributed by atoms with Gasteiger partial charge in [-0.3, -0.25) is 4.79 Å². The summed E-state index contributed by atoms with van der Waals surface area (Å²) < 4.78 is 0. The van der Waals surface area contributed by atoms with E-state index in [4.69, 9.17) is 0 Å². The lowest BCUT2D eigenvalue weighted by atomic mass is 9.99. The average Bonchev–Trinajstić information content (AvgIpc) is 2.37. The Bertz CT molecular complexity index is 380. The molecule has 2 heteroatoms. The molecule has 1 aliphatic rings. The molecule has 68 valence electrons. The summed E-state index contributed by atoms with van der Waals surface area (Å²) >= 11 is 0. The summed E-state index contributed by atoms with van der Waals surface area (Å²) in [6.45, 7) is 3.91. The monoisotopic (exact) mass is 176 g/mol. The Kier molecular flexibility index (Phi) is 1.74. The van der Waals surface area contributed by atoms with Crippen LogP contribution in [-0.4, -0.2) is 17.0 Å². The van der Waals surface area contributed by atoms with Gasteiger partial charge in [0.2, 0.25) is 0 Å². The van der Waals surface area contributed by atoms with Crippen molar-refractivity contribution in [1.29, 1.82) is 0 Å². The van der Waals surface area contributed by atoms with Gasteiger partial charge < -0.3 is 5.11 Å². The second kappa shape index (κ2) is 2.67. The summed E-state index contributed by atoms with van der Waals surface area (Å²) in [4.78, 5) is 11.5. The molecular weight excluding hydrogens is 164 g/mol. The zero-order chi connectivity index (χ0) is 9.59. The van der Waals surface area contributed by atoms with Gasteiger partial charge in [0.25, 0.3) is 0 Å². The highest BCUT2D eigenvalue weighted by atomic mass is 16.3. The Morgan fingerprint density at radius 3 is 2.77 bits per heavy atom. The molecule has 0 radical (unpaired) electrons. The van der Waals surface area contributed by atoms with Crippen molar-refractivity contribution in [3.8, 4) is 0 Å². The second-order valence-electron chi connectivity index (χ2n) is 3.63. The zero-order valence-electron chi connectivity index (χ0n) is 7.79. The van der Waals surface area contributed by atoms with Gasteiger partial charge in [-0.2, -0.15) is 0 Å². The number of aliphatic hydroxyl groups excluding tert-OH is 1. The molecule has 0 aromatic heterocycles. The van der Waals surface area contributed by atoms with E-state index in [1.54, 1.807) is 0 Å². The fourth-order valence-electron chi connectivity index (χ4n) is 1.85. The van der Waals surface area contributed by atoms with Crippen LogP contribution in [0, 0.1) is 13.8 Å². The standard InChI is InChI=1S/C11H12O2/c1-6-3-4-8-5-9(12)11(13)10(8)7(6)2/h3-4,9,12H,5H2,1-2H3. The lowest BCUT2D eigenvalue weighted by molar-refractivity contribution is 0.0779. The first kappa shape index (κ1) is 8.45. The molecule has 1 atom stereocenters. The summed E-state index contributed by atoms with van der Waals surface area (Å²) in [6.07, 6.45) is -0.328. The van der Waals surface area contributed by atoms with Gasteiger partial charge >= 0.3 is 0 Å². The van der Waals surface area contributed by atoms with Crippen molar-refractivity contribution in [2.45, 2.75) is 26.4 Å². The number of fused-ring (bicyclic) bond motifs is 1. The molecule has 0 saturated carbocycles.